The summed E-state index contributed by atoms with van der Waals surface area (Å²) in [6.07, 6.45) is 0. The van der Waals surface area contributed by atoms with Crippen LogP contribution in [-0.4, -0.2) is 5.78 Å². The second kappa shape index (κ2) is 3.09. The fraction of sp³-hybridized carbons (Fsp3) is 0.500. The van der Waals surface area contributed by atoms with Gasteiger partial charge in [0.05, 0.1) is 0 Å². The first-order valence-electron chi connectivity index (χ1n) is 2.44. The number of carbonyl (C=O) groups excluding carboxylic acids is 1. The Balaban J connectivity index is 3.78. The zero-order chi connectivity index (χ0) is 6.57. The number of hydrogen-bond donors (Lipinski definition) is 1. The van der Waals surface area contributed by atoms with Crippen molar-refractivity contribution in [3.63, 3.8) is 0 Å². The van der Waals surface area contributed by atoms with Gasteiger partial charge in [-0.3, -0.25) is 4.79 Å². The molecular weight excluding hydrogens is 102 g/mol. The maximum atomic E-state index is 10.5. The summed E-state index contributed by atoms with van der Waals surface area (Å²) in [6.45, 7) is 3.57. The minimum Gasteiger partial charge on any atom is -0.359 e. The highest BCUT2D eigenvalue weighted by Gasteiger charge is 2.00. The molecule has 0 saturated carbocycles. The maximum absolute atomic E-state index is 10.5. The van der Waals surface area contributed by atoms with Crippen LogP contribution in [0.4, 0.5) is 0 Å². The molecule has 0 spiro atoms. The topological polar surface area (TPSA) is 43.1 Å². The van der Waals surface area contributed by atoms with E-state index in [4.69, 9.17) is 5.73 Å². The smallest absolute Gasteiger partial charge is 0.209 e. The van der Waals surface area contributed by atoms with E-state index in [1.807, 2.05) is 6.04 Å². The number of Topliss-reactive ketones (excluding diaryl/α,β-unsaturated/α-hetero) is 1. The highest BCUT2D eigenvalue weighted by Crippen LogP contribution is 1.90. The summed E-state index contributed by atoms with van der Waals surface area (Å²) in [5.41, 5.74) is 4.79. The van der Waals surface area contributed by atoms with Crippen LogP contribution in [0.25, 0.3) is 0 Å². The van der Waals surface area contributed by atoms with Gasteiger partial charge < -0.3 is 5.73 Å². The van der Waals surface area contributed by atoms with Crippen LogP contribution in [-0.2, 0) is 4.79 Å². The van der Waals surface area contributed by atoms with Crippen molar-refractivity contribution in [2.75, 3.05) is 0 Å². The van der Waals surface area contributed by atoms with E-state index in [-0.39, 0.29) is 11.7 Å². The lowest BCUT2D eigenvalue weighted by Crippen LogP contribution is -2.03. The van der Waals surface area contributed by atoms with Gasteiger partial charge >= 0.3 is 0 Å². The zero-order valence-electron chi connectivity index (χ0n) is 5.06. The van der Waals surface area contributed by atoms with Gasteiger partial charge in [-0.15, -0.1) is 0 Å². The second-order valence-electron chi connectivity index (χ2n) is 1.79. The van der Waals surface area contributed by atoms with Gasteiger partial charge in [0.1, 0.15) is 0 Å². The van der Waals surface area contributed by atoms with Crippen LogP contribution in [0.2, 0.25) is 0 Å². The molecule has 2 N–H and O–H groups in total. The average molecular weight is 111 g/mol. The molecule has 0 aliphatic rings. The first kappa shape index (κ1) is 7.03. The van der Waals surface area contributed by atoms with Crippen molar-refractivity contribution in [3.8, 4) is 12.0 Å². The van der Waals surface area contributed by atoms with Crippen molar-refractivity contribution in [3.05, 3.63) is 0 Å². The molecule has 0 radical (unpaired) electrons. The first-order valence-corrected chi connectivity index (χ1v) is 2.44. The highest BCUT2D eigenvalue weighted by molar-refractivity contribution is 5.96. The van der Waals surface area contributed by atoms with Crippen LogP contribution in [0.3, 0.4) is 0 Å². The molecule has 0 aromatic heterocycles. The van der Waals surface area contributed by atoms with Crippen LogP contribution < -0.4 is 5.73 Å². The van der Waals surface area contributed by atoms with E-state index in [9.17, 15) is 4.79 Å². The quantitative estimate of drug-likeness (QED) is 0.386. The zero-order valence-corrected chi connectivity index (χ0v) is 5.06. The van der Waals surface area contributed by atoms with Gasteiger partial charge in [-0.2, -0.15) is 0 Å². The van der Waals surface area contributed by atoms with Gasteiger partial charge in [-0.1, -0.05) is 13.8 Å². The number of nitrogens with two attached hydrogens (primary N) is 1. The Kier molecular flexibility index (Phi) is 2.71. The van der Waals surface area contributed by atoms with Crippen molar-refractivity contribution in [1.82, 2.24) is 0 Å². The Labute approximate surface area is 49.1 Å². The summed E-state index contributed by atoms with van der Waals surface area (Å²) in [5.74, 6) is 2.11. The predicted molar refractivity (Wildman–Crippen MR) is 31.8 cm³/mol. The summed E-state index contributed by atoms with van der Waals surface area (Å²) in [5, 5.41) is 0. The minimum absolute atomic E-state index is 0.0222. The van der Waals surface area contributed by atoms with E-state index < -0.39 is 0 Å². The number of ketones is 1. The lowest BCUT2D eigenvalue weighted by molar-refractivity contribution is -0.116. The normalized spacial score (nSPS) is 7.88. The predicted octanol–water partition coefficient (Wildman–Crippen LogP) is 0.131. The van der Waals surface area contributed by atoms with Crippen LogP contribution in [0.1, 0.15) is 13.8 Å². The van der Waals surface area contributed by atoms with E-state index in [1.54, 1.807) is 13.8 Å². The van der Waals surface area contributed by atoms with Gasteiger partial charge in [0.25, 0.3) is 0 Å². The molecule has 0 unspecified atom stereocenters. The minimum atomic E-state index is -0.104. The third kappa shape index (κ3) is 2.25. The summed E-state index contributed by atoms with van der Waals surface area (Å²) >= 11 is 0. The Morgan fingerprint density at radius 2 is 2.12 bits per heavy atom. The largest absolute Gasteiger partial charge is 0.359 e. The second-order valence-corrected chi connectivity index (χ2v) is 1.79. The molecule has 0 aliphatic carbocycles. The van der Waals surface area contributed by atoms with Gasteiger partial charge in [0.2, 0.25) is 5.78 Å². The van der Waals surface area contributed by atoms with Crippen LogP contribution in [0, 0.1) is 17.9 Å². The molecular formula is C6H9NO. The van der Waals surface area contributed by atoms with Gasteiger partial charge in [-0.05, 0) is 5.92 Å². The van der Waals surface area contributed by atoms with Gasteiger partial charge in [0.15, 0.2) is 0 Å². The van der Waals surface area contributed by atoms with Crippen molar-refractivity contribution in [2.24, 2.45) is 11.7 Å². The molecule has 0 amide bonds. The standard InChI is InChI=1S/C6H9NO/c1-5(2)6(8)3-4-7/h5H,7H2,1-2H3. The third-order valence-electron chi connectivity index (χ3n) is 0.720. The number of hydrogen-bond acceptors (Lipinski definition) is 2. The maximum Gasteiger partial charge on any atom is 0.209 e. The molecule has 0 rings (SSSR count). The van der Waals surface area contributed by atoms with Crippen molar-refractivity contribution < 1.29 is 4.79 Å². The first-order chi connectivity index (χ1) is 3.68. The van der Waals surface area contributed by atoms with Crippen LogP contribution in [0.15, 0.2) is 0 Å². The molecule has 0 fully saturated rings. The van der Waals surface area contributed by atoms with Gasteiger partial charge in [0, 0.05) is 12.0 Å². The Morgan fingerprint density at radius 3 is 2.25 bits per heavy atom. The lowest BCUT2D eigenvalue weighted by Gasteiger charge is -1.90. The summed E-state index contributed by atoms with van der Waals surface area (Å²) in [6, 6.07) is 2.05. The molecule has 0 atom stereocenters. The summed E-state index contributed by atoms with van der Waals surface area (Å²) in [4.78, 5) is 10.5. The molecule has 44 valence electrons. The molecule has 2 heteroatoms. The molecule has 0 heterocycles. The third-order valence-corrected chi connectivity index (χ3v) is 0.720. The summed E-state index contributed by atoms with van der Waals surface area (Å²) in [7, 11) is 0. The molecule has 8 heavy (non-hydrogen) atoms. The fourth-order valence-electron chi connectivity index (χ4n) is 0.215. The fourth-order valence-corrected chi connectivity index (χ4v) is 0.215. The van der Waals surface area contributed by atoms with Crippen LogP contribution in [0.5, 0.6) is 0 Å². The Hall–Kier alpha value is -0.970. The molecule has 0 aliphatic heterocycles. The van der Waals surface area contributed by atoms with E-state index in [0.717, 1.165) is 0 Å². The SMILES string of the molecule is CC(C)C(=O)C#CN. The lowest BCUT2D eigenvalue weighted by atomic mass is 10.1. The Morgan fingerprint density at radius 1 is 1.62 bits per heavy atom. The van der Waals surface area contributed by atoms with E-state index in [1.165, 1.54) is 0 Å². The molecule has 0 aromatic carbocycles. The number of rotatable bonds is 1. The van der Waals surface area contributed by atoms with Crippen molar-refractivity contribution in [1.29, 1.82) is 0 Å². The molecule has 0 bridgehead atoms. The van der Waals surface area contributed by atoms with E-state index in [2.05, 4.69) is 5.92 Å². The van der Waals surface area contributed by atoms with Crippen molar-refractivity contribution >= 4 is 5.78 Å². The Bertz CT molecular complexity index is 138. The molecule has 0 saturated heterocycles. The van der Waals surface area contributed by atoms with Crippen molar-refractivity contribution in [2.45, 2.75) is 13.8 Å². The number of carbonyl (C=O) groups is 1. The van der Waals surface area contributed by atoms with Crippen LogP contribution >= 0.6 is 0 Å². The molecule has 0 aromatic rings. The highest BCUT2D eigenvalue weighted by atomic mass is 16.1. The van der Waals surface area contributed by atoms with E-state index >= 15 is 0 Å². The monoisotopic (exact) mass is 111 g/mol. The van der Waals surface area contributed by atoms with E-state index in [0.29, 0.717) is 0 Å². The van der Waals surface area contributed by atoms with Gasteiger partial charge in [-0.25, -0.2) is 0 Å². The average Bonchev–Trinajstić information content (AvgIpc) is 1.67. The summed E-state index contributed by atoms with van der Waals surface area (Å²) < 4.78 is 0. The molecule has 2 nitrogen and oxygen atoms in total.